The smallest absolute Gasteiger partial charge is 0.173 e. The normalized spacial score (nSPS) is 14.3. The molecular formula is C23H22FN9OS. The van der Waals surface area contributed by atoms with Crippen LogP contribution >= 0.6 is 11.8 Å². The number of phenols is 1. The molecule has 1 saturated heterocycles. The molecule has 10 nitrogen and oxygen atoms in total. The zero-order valence-electron chi connectivity index (χ0n) is 18.9. The Kier molecular flexibility index (Phi) is 5.17. The van der Waals surface area contributed by atoms with Gasteiger partial charge in [-0.25, -0.2) is 28.5 Å². The SMILES string of the molecule is Cc1ccn2nc(Cn3nc(-c4cc(O)cc(F)c4)c4c(N)ncnc43)nc(N3CCSCC3)c12. The Morgan fingerprint density at radius 1 is 1.14 bits per heavy atom. The van der Waals surface area contributed by atoms with Gasteiger partial charge in [-0.15, -0.1) is 0 Å². The van der Waals surface area contributed by atoms with Crippen LogP contribution in [0.1, 0.15) is 11.4 Å². The zero-order valence-corrected chi connectivity index (χ0v) is 19.7. The van der Waals surface area contributed by atoms with Crippen molar-refractivity contribution in [3.63, 3.8) is 0 Å². The van der Waals surface area contributed by atoms with E-state index < -0.39 is 5.82 Å². The summed E-state index contributed by atoms with van der Waals surface area (Å²) in [6.45, 7) is 4.12. The topological polar surface area (TPSA) is 123 Å². The highest BCUT2D eigenvalue weighted by atomic mass is 32.2. The van der Waals surface area contributed by atoms with Crippen LogP contribution in [0.25, 0.3) is 27.8 Å². The molecule has 4 aromatic heterocycles. The van der Waals surface area contributed by atoms with Gasteiger partial charge in [-0.1, -0.05) is 0 Å². The summed E-state index contributed by atoms with van der Waals surface area (Å²) in [6.07, 6.45) is 3.29. The lowest BCUT2D eigenvalue weighted by molar-refractivity contribution is 0.469. The summed E-state index contributed by atoms with van der Waals surface area (Å²) >= 11 is 1.94. The molecule has 0 spiro atoms. The highest BCUT2D eigenvalue weighted by molar-refractivity contribution is 7.99. The van der Waals surface area contributed by atoms with Gasteiger partial charge in [0.25, 0.3) is 0 Å². The van der Waals surface area contributed by atoms with Crippen molar-refractivity contribution in [1.82, 2.24) is 34.3 Å². The van der Waals surface area contributed by atoms with Crippen molar-refractivity contribution in [2.24, 2.45) is 0 Å². The molecule has 0 radical (unpaired) electrons. The lowest BCUT2D eigenvalue weighted by Gasteiger charge is -2.28. The van der Waals surface area contributed by atoms with Gasteiger partial charge in [0.05, 0.1) is 5.39 Å². The zero-order chi connectivity index (χ0) is 24.1. The molecule has 0 aliphatic carbocycles. The molecule has 0 saturated carbocycles. The number of anilines is 2. The number of rotatable bonds is 4. The average molecular weight is 492 g/mol. The van der Waals surface area contributed by atoms with Gasteiger partial charge in [0.1, 0.15) is 41.5 Å². The minimum Gasteiger partial charge on any atom is -0.508 e. The Hall–Kier alpha value is -3.93. The molecule has 1 fully saturated rings. The highest BCUT2D eigenvalue weighted by Gasteiger charge is 2.22. The van der Waals surface area contributed by atoms with E-state index in [9.17, 15) is 9.50 Å². The van der Waals surface area contributed by atoms with Crippen LogP contribution in [0.2, 0.25) is 0 Å². The first-order valence-corrected chi connectivity index (χ1v) is 12.3. The first-order chi connectivity index (χ1) is 17.0. The van der Waals surface area contributed by atoms with Crippen LogP contribution < -0.4 is 10.6 Å². The van der Waals surface area contributed by atoms with Crippen LogP contribution in [0.3, 0.4) is 0 Å². The van der Waals surface area contributed by atoms with Crippen molar-refractivity contribution >= 4 is 39.9 Å². The van der Waals surface area contributed by atoms with E-state index in [2.05, 4.69) is 26.9 Å². The molecule has 0 amide bonds. The van der Waals surface area contributed by atoms with Gasteiger partial charge in [-0.05, 0) is 30.7 Å². The number of aromatic nitrogens is 7. The minimum atomic E-state index is -0.584. The first kappa shape index (κ1) is 21.6. The lowest BCUT2D eigenvalue weighted by atomic mass is 10.1. The molecule has 178 valence electrons. The van der Waals surface area contributed by atoms with Gasteiger partial charge in [0.15, 0.2) is 17.3 Å². The molecule has 5 heterocycles. The maximum absolute atomic E-state index is 14.1. The summed E-state index contributed by atoms with van der Waals surface area (Å²) < 4.78 is 17.5. The molecule has 0 unspecified atom stereocenters. The summed E-state index contributed by atoms with van der Waals surface area (Å²) in [5.41, 5.74) is 9.50. The Morgan fingerprint density at radius 3 is 2.77 bits per heavy atom. The van der Waals surface area contributed by atoms with E-state index in [1.54, 1.807) is 4.68 Å². The fourth-order valence-corrected chi connectivity index (χ4v) is 5.35. The average Bonchev–Trinajstić information content (AvgIpc) is 3.40. The van der Waals surface area contributed by atoms with Gasteiger partial charge in [-0.3, -0.25) is 0 Å². The molecule has 35 heavy (non-hydrogen) atoms. The van der Waals surface area contributed by atoms with E-state index in [-0.39, 0.29) is 18.1 Å². The van der Waals surface area contributed by atoms with Crippen LogP contribution in [0.5, 0.6) is 5.75 Å². The van der Waals surface area contributed by atoms with Crippen molar-refractivity contribution < 1.29 is 9.50 Å². The number of thioether (sulfide) groups is 1. The van der Waals surface area contributed by atoms with Gasteiger partial charge in [0.2, 0.25) is 0 Å². The number of nitrogens with zero attached hydrogens (tertiary/aromatic N) is 8. The van der Waals surface area contributed by atoms with Crippen LogP contribution in [0.15, 0.2) is 36.8 Å². The summed E-state index contributed by atoms with van der Waals surface area (Å²) in [4.78, 5) is 15.7. The minimum absolute atomic E-state index is 0.209. The van der Waals surface area contributed by atoms with Crippen molar-refractivity contribution in [3.8, 4) is 17.0 Å². The third-order valence-corrected chi connectivity index (χ3v) is 7.00. The summed E-state index contributed by atoms with van der Waals surface area (Å²) in [6, 6.07) is 5.78. The summed E-state index contributed by atoms with van der Waals surface area (Å²) in [5.74, 6) is 2.97. The van der Waals surface area contributed by atoms with E-state index in [4.69, 9.17) is 15.8 Å². The number of aromatic hydroxyl groups is 1. The number of halogens is 1. The molecule has 0 bridgehead atoms. The first-order valence-electron chi connectivity index (χ1n) is 11.1. The second kappa shape index (κ2) is 8.38. The van der Waals surface area contributed by atoms with Crippen LogP contribution in [0.4, 0.5) is 16.0 Å². The highest BCUT2D eigenvalue weighted by Crippen LogP contribution is 2.33. The molecular weight excluding hydrogens is 469 g/mol. The van der Waals surface area contributed by atoms with Gasteiger partial charge < -0.3 is 15.7 Å². The lowest BCUT2D eigenvalue weighted by Crippen LogP contribution is -2.34. The van der Waals surface area contributed by atoms with E-state index in [0.717, 1.165) is 47.6 Å². The standard InChI is InChI=1S/C23H22FN9OS/c1-13-2-3-32-20(13)23(31-4-6-35-7-5-31)28-17(29-32)11-33-22-18(21(25)26-12-27-22)19(30-33)14-8-15(24)10-16(34)9-14/h2-3,8-10,12,34H,4-7,11H2,1H3,(H2,25,26,27). The number of aryl methyl sites for hydroxylation is 1. The maximum atomic E-state index is 14.1. The number of fused-ring (bicyclic) bond motifs is 2. The van der Waals surface area contributed by atoms with Crippen molar-refractivity contribution in [1.29, 1.82) is 0 Å². The second-order valence-electron chi connectivity index (χ2n) is 8.40. The second-order valence-corrected chi connectivity index (χ2v) is 9.63. The van der Waals surface area contributed by atoms with Crippen molar-refractivity contribution in [2.45, 2.75) is 13.5 Å². The molecule has 12 heteroatoms. The van der Waals surface area contributed by atoms with E-state index in [1.807, 2.05) is 28.5 Å². The maximum Gasteiger partial charge on any atom is 0.173 e. The molecule has 1 aliphatic rings. The molecule has 6 rings (SSSR count). The summed E-state index contributed by atoms with van der Waals surface area (Å²) in [5, 5.41) is 19.8. The fourth-order valence-electron chi connectivity index (χ4n) is 4.45. The molecule has 5 aromatic rings. The molecule has 1 aromatic carbocycles. The van der Waals surface area contributed by atoms with E-state index in [1.165, 1.54) is 18.5 Å². The van der Waals surface area contributed by atoms with Crippen LogP contribution in [-0.4, -0.2) is 64.0 Å². The number of benzene rings is 1. The largest absolute Gasteiger partial charge is 0.508 e. The van der Waals surface area contributed by atoms with Gasteiger partial charge >= 0.3 is 0 Å². The van der Waals surface area contributed by atoms with E-state index in [0.29, 0.717) is 28.1 Å². The number of hydrogen-bond donors (Lipinski definition) is 2. The molecule has 3 N–H and O–H groups in total. The van der Waals surface area contributed by atoms with Crippen molar-refractivity contribution in [3.05, 3.63) is 54.0 Å². The Balaban J connectivity index is 1.49. The number of hydrogen-bond acceptors (Lipinski definition) is 9. The Bertz CT molecular complexity index is 1550. The quantitative estimate of drug-likeness (QED) is 0.391. The van der Waals surface area contributed by atoms with Crippen LogP contribution in [0, 0.1) is 12.7 Å². The van der Waals surface area contributed by atoms with Crippen molar-refractivity contribution in [2.75, 3.05) is 35.2 Å². The monoisotopic (exact) mass is 491 g/mol. The number of phenolic OH excluding ortho intramolecular Hbond substituents is 1. The van der Waals surface area contributed by atoms with Gasteiger partial charge in [0, 0.05) is 42.4 Å². The fraction of sp³-hybridized carbons (Fsp3) is 0.261. The third-order valence-electron chi connectivity index (χ3n) is 6.05. The summed E-state index contributed by atoms with van der Waals surface area (Å²) in [7, 11) is 0. The Morgan fingerprint density at radius 2 is 1.97 bits per heavy atom. The number of nitrogen functional groups attached to an aromatic ring is 1. The predicted octanol–water partition coefficient (Wildman–Crippen LogP) is 2.87. The Labute approximate surface area is 203 Å². The van der Waals surface area contributed by atoms with Gasteiger partial charge in [-0.2, -0.15) is 22.0 Å². The van der Waals surface area contributed by atoms with E-state index >= 15 is 0 Å². The third kappa shape index (κ3) is 3.79. The number of nitrogens with two attached hydrogens (primary N) is 1. The predicted molar refractivity (Wildman–Crippen MR) is 133 cm³/mol. The molecule has 1 aliphatic heterocycles. The molecule has 0 atom stereocenters. The van der Waals surface area contributed by atoms with Crippen LogP contribution in [-0.2, 0) is 6.54 Å².